The molecule has 2 heterocycles. The van der Waals surface area contributed by atoms with Crippen molar-refractivity contribution in [1.82, 2.24) is 24.5 Å². The maximum Gasteiger partial charge on any atom is 0.236 e. The molecule has 6 rings (SSSR count). The Balaban J connectivity index is 1.23. The van der Waals surface area contributed by atoms with E-state index in [9.17, 15) is 4.79 Å². The van der Waals surface area contributed by atoms with Crippen LogP contribution in [0.2, 0.25) is 0 Å². The minimum absolute atomic E-state index is 0.0915. The lowest BCUT2D eigenvalue weighted by Gasteiger charge is -2.09. The van der Waals surface area contributed by atoms with E-state index in [-0.39, 0.29) is 11.7 Å². The lowest BCUT2D eigenvalue weighted by Crippen LogP contribution is -2.17. The maximum absolute atomic E-state index is 13.0. The van der Waals surface area contributed by atoms with Gasteiger partial charge in [-0.2, -0.15) is 5.10 Å². The number of aromatic nitrogens is 5. The average molecular weight is 485 g/mol. The first-order valence-corrected chi connectivity index (χ1v) is 13.3. The Morgan fingerprint density at radius 2 is 1.89 bits per heavy atom. The molecule has 2 aromatic carbocycles. The molecular formula is C27H28N6OS. The number of hydrogen-bond acceptors (Lipinski definition) is 5. The van der Waals surface area contributed by atoms with Gasteiger partial charge in [0.2, 0.25) is 5.91 Å². The van der Waals surface area contributed by atoms with E-state index in [1.165, 1.54) is 42.2 Å². The van der Waals surface area contributed by atoms with Crippen molar-refractivity contribution in [3.8, 4) is 16.9 Å². The average Bonchev–Trinajstić information content (AvgIpc) is 3.29. The van der Waals surface area contributed by atoms with Crippen molar-refractivity contribution in [2.45, 2.75) is 56.6 Å². The van der Waals surface area contributed by atoms with E-state index in [0.717, 1.165) is 47.3 Å². The summed E-state index contributed by atoms with van der Waals surface area (Å²) in [5, 5.41) is 17.5. The van der Waals surface area contributed by atoms with E-state index in [1.807, 2.05) is 41.1 Å². The molecule has 0 unspecified atom stereocenters. The summed E-state index contributed by atoms with van der Waals surface area (Å²) in [6.07, 6.45) is 5.85. The third-order valence-corrected chi connectivity index (χ3v) is 7.68. The smallest absolute Gasteiger partial charge is 0.236 e. The first kappa shape index (κ1) is 22.1. The Bertz CT molecular complexity index is 1370. The highest BCUT2D eigenvalue weighted by Crippen LogP contribution is 2.40. The fraction of sp³-hybridized carbons (Fsp3) is 0.333. The number of carbonyl (C=O) groups excluding carboxylic acids is 1. The highest BCUT2D eigenvalue weighted by molar-refractivity contribution is 7.99. The first-order valence-electron chi connectivity index (χ1n) is 12.3. The number of thioether (sulfide) groups is 1. The molecule has 1 saturated carbocycles. The summed E-state index contributed by atoms with van der Waals surface area (Å²) < 4.78 is 3.95. The number of carbonyl (C=O) groups is 1. The third-order valence-electron chi connectivity index (χ3n) is 6.71. The van der Waals surface area contributed by atoms with Gasteiger partial charge < -0.3 is 9.88 Å². The highest BCUT2D eigenvalue weighted by atomic mass is 32.2. The molecule has 0 saturated heterocycles. The zero-order valence-electron chi connectivity index (χ0n) is 19.8. The molecule has 7 nitrogen and oxygen atoms in total. The predicted octanol–water partition coefficient (Wildman–Crippen LogP) is 5.25. The quantitative estimate of drug-likeness (QED) is 0.346. The monoisotopic (exact) mass is 484 g/mol. The van der Waals surface area contributed by atoms with Crippen molar-refractivity contribution in [3.63, 3.8) is 0 Å². The molecule has 35 heavy (non-hydrogen) atoms. The molecule has 0 aliphatic heterocycles. The SMILES string of the molecule is CCn1c(SCC(=O)Nc2cc(-c3ccc4c(c3)CCC4)nn2-c2ccccc2)nnc1C1CC1. The number of nitrogens with zero attached hydrogens (tertiary/aromatic N) is 5. The molecule has 1 fully saturated rings. The van der Waals surface area contributed by atoms with Crippen molar-refractivity contribution in [2.75, 3.05) is 11.1 Å². The van der Waals surface area contributed by atoms with Gasteiger partial charge >= 0.3 is 0 Å². The van der Waals surface area contributed by atoms with E-state index >= 15 is 0 Å². The zero-order valence-corrected chi connectivity index (χ0v) is 20.6. The lowest BCUT2D eigenvalue weighted by atomic mass is 10.0. The Morgan fingerprint density at radius 1 is 1.06 bits per heavy atom. The van der Waals surface area contributed by atoms with Crippen LogP contribution in [-0.4, -0.2) is 36.2 Å². The molecule has 8 heteroatoms. The largest absolute Gasteiger partial charge is 0.310 e. The molecule has 1 N–H and O–H groups in total. The zero-order chi connectivity index (χ0) is 23.8. The van der Waals surface area contributed by atoms with E-state index in [4.69, 9.17) is 5.10 Å². The first-order chi connectivity index (χ1) is 17.2. The molecule has 0 atom stereocenters. The summed E-state index contributed by atoms with van der Waals surface area (Å²) in [6, 6.07) is 18.5. The van der Waals surface area contributed by atoms with Crippen LogP contribution in [0.15, 0.2) is 59.8 Å². The second-order valence-electron chi connectivity index (χ2n) is 9.20. The molecule has 2 aliphatic carbocycles. The minimum Gasteiger partial charge on any atom is -0.310 e. The van der Waals surface area contributed by atoms with Gasteiger partial charge in [0.05, 0.1) is 17.1 Å². The van der Waals surface area contributed by atoms with Gasteiger partial charge in [0.15, 0.2) is 5.16 Å². The van der Waals surface area contributed by atoms with Gasteiger partial charge in [0.25, 0.3) is 0 Å². The van der Waals surface area contributed by atoms with Crippen LogP contribution < -0.4 is 5.32 Å². The van der Waals surface area contributed by atoms with Crippen LogP contribution in [0.3, 0.4) is 0 Å². The van der Waals surface area contributed by atoms with Crippen LogP contribution >= 0.6 is 11.8 Å². The van der Waals surface area contributed by atoms with Gasteiger partial charge in [-0.05, 0) is 68.4 Å². The molecule has 2 aliphatic rings. The van der Waals surface area contributed by atoms with Crippen LogP contribution in [0.1, 0.15) is 49.1 Å². The number of amides is 1. The van der Waals surface area contributed by atoms with Gasteiger partial charge in [-0.25, -0.2) is 4.68 Å². The molecular weight excluding hydrogens is 456 g/mol. The highest BCUT2D eigenvalue weighted by Gasteiger charge is 2.30. The fourth-order valence-corrected chi connectivity index (χ4v) is 5.57. The van der Waals surface area contributed by atoms with Crippen LogP contribution in [0.4, 0.5) is 5.82 Å². The molecule has 4 aromatic rings. The Kier molecular flexibility index (Phi) is 5.90. The van der Waals surface area contributed by atoms with Gasteiger partial charge in [-0.1, -0.05) is 42.1 Å². The molecule has 2 aromatic heterocycles. The van der Waals surface area contributed by atoms with Gasteiger partial charge in [-0.15, -0.1) is 10.2 Å². The van der Waals surface area contributed by atoms with E-state index in [1.54, 1.807) is 0 Å². The van der Waals surface area contributed by atoms with Crippen LogP contribution in [0.5, 0.6) is 0 Å². The number of rotatable bonds is 8. The number of benzene rings is 2. The second kappa shape index (κ2) is 9.34. The summed E-state index contributed by atoms with van der Waals surface area (Å²) in [5.74, 6) is 2.41. The molecule has 0 bridgehead atoms. The van der Waals surface area contributed by atoms with Crippen molar-refractivity contribution < 1.29 is 4.79 Å². The summed E-state index contributed by atoms with van der Waals surface area (Å²) in [7, 11) is 0. The number of anilines is 1. The van der Waals surface area contributed by atoms with Crippen LogP contribution in [0.25, 0.3) is 16.9 Å². The van der Waals surface area contributed by atoms with E-state index < -0.39 is 0 Å². The number of hydrogen-bond donors (Lipinski definition) is 1. The standard InChI is InChI=1S/C27H28N6OS/c1-2-32-26(19-12-13-19)29-30-27(32)35-17-25(34)28-24-16-23(31-33(24)22-9-4-3-5-10-22)21-14-11-18-7-6-8-20(18)15-21/h3-5,9-11,14-16,19H,2,6-8,12-13,17H2,1H3,(H,28,34). The topological polar surface area (TPSA) is 77.6 Å². The van der Waals surface area contributed by atoms with Gasteiger partial charge in [0, 0.05) is 24.1 Å². The van der Waals surface area contributed by atoms with E-state index in [2.05, 4.69) is 45.2 Å². The third kappa shape index (κ3) is 4.50. The molecule has 1 amide bonds. The Hall–Kier alpha value is -3.39. The Morgan fingerprint density at radius 3 is 2.69 bits per heavy atom. The summed E-state index contributed by atoms with van der Waals surface area (Å²) in [6.45, 7) is 2.91. The lowest BCUT2D eigenvalue weighted by molar-refractivity contribution is -0.113. The second-order valence-corrected chi connectivity index (χ2v) is 10.1. The van der Waals surface area contributed by atoms with Crippen molar-refractivity contribution >= 4 is 23.5 Å². The summed E-state index contributed by atoms with van der Waals surface area (Å²) in [4.78, 5) is 13.0. The number of aryl methyl sites for hydroxylation is 2. The minimum atomic E-state index is -0.0915. The summed E-state index contributed by atoms with van der Waals surface area (Å²) in [5.41, 5.74) is 5.68. The van der Waals surface area contributed by atoms with Crippen molar-refractivity contribution in [2.24, 2.45) is 0 Å². The maximum atomic E-state index is 13.0. The van der Waals surface area contributed by atoms with E-state index in [0.29, 0.717) is 11.7 Å². The molecule has 178 valence electrons. The molecule has 0 radical (unpaired) electrons. The fourth-order valence-electron chi connectivity index (χ4n) is 4.76. The number of para-hydroxylation sites is 1. The van der Waals surface area contributed by atoms with Crippen molar-refractivity contribution in [3.05, 3.63) is 71.5 Å². The van der Waals surface area contributed by atoms with Crippen LogP contribution in [0, 0.1) is 0 Å². The summed E-state index contributed by atoms with van der Waals surface area (Å²) >= 11 is 1.43. The normalized spacial score (nSPS) is 14.8. The molecule has 0 spiro atoms. The number of fused-ring (bicyclic) bond motifs is 1. The van der Waals surface area contributed by atoms with Gasteiger partial charge in [-0.3, -0.25) is 4.79 Å². The van der Waals surface area contributed by atoms with Crippen molar-refractivity contribution in [1.29, 1.82) is 0 Å². The predicted molar refractivity (Wildman–Crippen MR) is 138 cm³/mol. The number of nitrogens with one attached hydrogen (secondary N) is 1. The Labute approximate surface area is 209 Å². The van der Waals surface area contributed by atoms with Gasteiger partial charge in [0.1, 0.15) is 11.6 Å². The van der Waals surface area contributed by atoms with Crippen LogP contribution in [-0.2, 0) is 24.2 Å².